The van der Waals surface area contributed by atoms with E-state index in [0.29, 0.717) is 0 Å². The molecule has 0 heterocycles. The first-order valence-corrected chi connectivity index (χ1v) is 9.11. The van der Waals surface area contributed by atoms with Crippen molar-refractivity contribution in [2.75, 3.05) is 5.32 Å². The van der Waals surface area contributed by atoms with Crippen LogP contribution in [0.2, 0.25) is 0 Å². The summed E-state index contributed by atoms with van der Waals surface area (Å²) in [5, 5.41) is 5.47. The number of rotatable bonds is 4. The van der Waals surface area contributed by atoms with Crippen LogP contribution in [0.15, 0.2) is 48.5 Å². The summed E-state index contributed by atoms with van der Waals surface area (Å²) in [4.78, 5) is 12.7. The Morgan fingerprint density at radius 2 is 1.81 bits per heavy atom. The molecule has 0 bridgehead atoms. The molecule has 3 aromatic rings. The number of ether oxygens (including phenoxy) is 1. The van der Waals surface area contributed by atoms with Gasteiger partial charge < -0.3 is 10.1 Å². The highest BCUT2D eigenvalue weighted by atomic mass is 16.5. The third-order valence-corrected chi connectivity index (χ3v) is 5.14. The Balaban J connectivity index is 1.56. The van der Waals surface area contributed by atoms with Crippen molar-refractivity contribution in [1.29, 1.82) is 0 Å². The molecule has 1 N–H and O–H groups in total. The Bertz CT molecular complexity index is 996. The Kier molecular flexibility index (Phi) is 4.15. The lowest BCUT2D eigenvalue weighted by molar-refractivity contribution is -0.122. The molecule has 0 aromatic heterocycles. The van der Waals surface area contributed by atoms with Crippen molar-refractivity contribution in [3.05, 3.63) is 70.8 Å². The van der Waals surface area contributed by atoms with Crippen molar-refractivity contribution in [3.63, 3.8) is 0 Å². The molecule has 3 aromatic carbocycles. The number of carbonyl (C=O) groups excluding carboxylic acids is 1. The zero-order valence-corrected chi connectivity index (χ0v) is 15.4. The molecule has 1 amide bonds. The van der Waals surface area contributed by atoms with Gasteiger partial charge in [0.2, 0.25) is 0 Å². The summed E-state index contributed by atoms with van der Waals surface area (Å²) in [6, 6.07) is 16.4. The summed E-state index contributed by atoms with van der Waals surface area (Å²) >= 11 is 0. The first-order valence-electron chi connectivity index (χ1n) is 9.11. The quantitative estimate of drug-likeness (QED) is 0.726. The zero-order valence-electron chi connectivity index (χ0n) is 15.4. The minimum atomic E-state index is -0.570. The van der Waals surface area contributed by atoms with Crippen LogP contribution in [-0.2, 0) is 17.6 Å². The number of anilines is 1. The van der Waals surface area contributed by atoms with Crippen molar-refractivity contribution in [3.8, 4) is 5.75 Å². The van der Waals surface area contributed by atoms with E-state index < -0.39 is 6.10 Å². The summed E-state index contributed by atoms with van der Waals surface area (Å²) in [6.07, 6.45) is 1.59. The van der Waals surface area contributed by atoms with Crippen molar-refractivity contribution in [2.45, 2.75) is 39.7 Å². The lowest BCUT2D eigenvalue weighted by Crippen LogP contribution is -2.30. The Labute approximate surface area is 154 Å². The van der Waals surface area contributed by atoms with E-state index >= 15 is 0 Å². The van der Waals surface area contributed by atoms with Crippen LogP contribution in [0, 0.1) is 13.8 Å². The first-order chi connectivity index (χ1) is 12.5. The number of aryl methyl sites for hydroxylation is 4. The van der Waals surface area contributed by atoms with Crippen molar-refractivity contribution >= 4 is 22.4 Å². The standard InChI is InChI=1S/C23H23NO2/c1-14-7-12-21(15(2)13-14)26-16(3)23(25)24-20-11-10-18-9-8-17-5-4-6-19(20)22(17)18/h4-7,10-13,16H,8-9H2,1-3H3,(H,24,25). The molecule has 1 aliphatic rings. The molecule has 132 valence electrons. The fourth-order valence-electron chi connectivity index (χ4n) is 3.77. The van der Waals surface area contributed by atoms with Crippen LogP contribution in [0.1, 0.15) is 29.2 Å². The van der Waals surface area contributed by atoms with E-state index in [2.05, 4.69) is 35.6 Å². The van der Waals surface area contributed by atoms with Gasteiger partial charge in [0.15, 0.2) is 6.10 Å². The Morgan fingerprint density at radius 1 is 1.04 bits per heavy atom. The second-order valence-electron chi connectivity index (χ2n) is 7.13. The maximum Gasteiger partial charge on any atom is 0.265 e. The number of nitrogens with one attached hydrogen (secondary N) is 1. The van der Waals surface area contributed by atoms with Crippen LogP contribution in [-0.4, -0.2) is 12.0 Å². The van der Waals surface area contributed by atoms with Gasteiger partial charge in [-0.05, 0) is 67.8 Å². The normalized spacial score (nSPS) is 13.7. The van der Waals surface area contributed by atoms with Crippen LogP contribution >= 0.6 is 0 Å². The lowest BCUT2D eigenvalue weighted by Gasteiger charge is -2.17. The summed E-state index contributed by atoms with van der Waals surface area (Å²) in [5.74, 6) is 0.613. The van der Waals surface area contributed by atoms with E-state index in [1.165, 1.54) is 22.1 Å². The van der Waals surface area contributed by atoms with Gasteiger partial charge in [-0.2, -0.15) is 0 Å². The van der Waals surface area contributed by atoms with Gasteiger partial charge in [0.05, 0.1) is 0 Å². The van der Waals surface area contributed by atoms with E-state index in [9.17, 15) is 4.79 Å². The SMILES string of the molecule is Cc1ccc(OC(C)C(=O)Nc2ccc3c4c(cccc24)CC3)c(C)c1. The molecule has 0 saturated heterocycles. The average molecular weight is 345 g/mol. The van der Waals surface area contributed by atoms with Crippen LogP contribution in [0.4, 0.5) is 5.69 Å². The van der Waals surface area contributed by atoms with Crippen molar-refractivity contribution in [1.82, 2.24) is 0 Å². The smallest absolute Gasteiger partial charge is 0.265 e. The number of benzene rings is 3. The van der Waals surface area contributed by atoms with E-state index in [-0.39, 0.29) is 5.91 Å². The summed E-state index contributed by atoms with van der Waals surface area (Å²) in [7, 11) is 0. The van der Waals surface area contributed by atoms with Gasteiger partial charge in [-0.3, -0.25) is 4.79 Å². The predicted molar refractivity (Wildman–Crippen MR) is 106 cm³/mol. The molecule has 0 fully saturated rings. The Hall–Kier alpha value is -2.81. The van der Waals surface area contributed by atoms with Crippen molar-refractivity contribution in [2.24, 2.45) is 0 Å². The van der Waals surface area contributed by atoms with Crippen molar-refractivity contribution < 1.29 is 9.53 Å². The second kappa shape index (κ2) is 6.49. The minimum absolute atomic E-state index is 0.135. The third kappa shape index (κ3) is 2.94. The van der Waals surface area contributed by atoms with Gasteiger partial charge >= 0.3 is 0 Å². The van der Waals surface area contributed by atoms with Crippen LogP contribution in [0.3, 0.4) is 0 Å². The maximum atomic E-state index is 12.7. The first kappa shape index (κ1) is 16.6. The largest absolute Gasteiger partial charge is 0.481 e. The average Bonchev–Trinajstić information content (AvgIpc) is 3.04. The fourth-order valence-corrected chi connectivity index (χ4v) is 3.77. The van der Waals surface area contributed by atoms with Gasteiger partial charge in [0, 0.05) is 11.1 Å². The molecule has 26 heavy (non-hydrogen) atoms. The monoisotopic (exact) mass is 345 g/mol. The van der Waals surface area contributed by atoms with E-state index in [0.717, 1.165) is 35.2 Å². The summed E-state index contributed by atoms with van der Waals surface area (Å²) in [6.45, 7) is 5.83. The number of hydrogen-bond acceptors (Lipinski definition) is 2. The van der Waals surface area contributed by atoms with E-state index in [1.54, 1.807) is 6.92 Å². The number of carbonyl (C=O) groups is 1. The van der Waals surface area contributed by atoms with Crippen LogP contribution in [0.5, 0.6) is 5.75 Å². The fraction of sp³-hybridized carbons (Fsp3) is 0.261. The molecule has 0 saturated carbocycles. The highest BCUT2D eigenvalue weighted by molar-refractivity contribution is 6.06. The minimum Gasteiger partial charge on any atom is -0.481 e. The van der Waals surface area contributed by atoms with Gasteiger partial charge in [-0.1, -0.05) is 42.0 Å². The molecule has 0 radical (unpaired) electrons. The summed E-state index contributed by atoms with van der Waals surface area (Å²) in [5.41, 5.74) is 5.81. The van der Waals surface area contributed by atoms with Gasteiger partial charge in [0.1, 0.15) is 5.75 Å². The zero-order chi connectivity index (χ0) is 18.3. The molecular formula is C23H23NO2. The molecule has 1 atom stereocenters. The number of amides is 1. The topological polar surface area (TPSA) is 38.3 Å². The third-order valence-electron chi connectivity index (χ3n) is 5.14. The van der Waals surface area contributed by atoms with Crippen LogP contribution in [0.25, 0.3) is 10.8 Å². The highest BCUT2D eigenvalue weighted by Gasteiger charge is 2.20. The predicted octanol–water partition coefficient (Wildman–Crippen LogP) is 4.96. The Morgan fingerprint density at radius 3 is 2.58 bits per heavy atom. The van der Waals surface area contributed by atoms with Gasteiger partial charge in [0.25, 0.3) is 5.91 Å². The molecular weight excluding hydrogens is 322 g/mol. The van der Waals surface area contributed by atoms with Gasteiger partial charge in [-0.25, -0.2) is 0 Å². The molecule has 0 spiro atoms. The van der Waals surface area contributed by atoms with Crippen LogP contribution < -0.4 is 10.1 Å². The summed E-state index contributed by atoms with van der Waals surface area (Å²) < 4.78 is 5.89. The number of hydrogen-bond donors (Lipinski definition) is 1. The second-order valence-corrected chi connectivity index (χ2v) is 7.13. The van der Waals surface area contributed by atoms with E-state index in [1.807, 2.05) is 32.0 Å². The molecule has 0 aliphatic heterocycles. The molecule has 3 heteroatoms. The molecule has 1 aliphatic carbocycles. The lowest BCUT2D eigenvalue weighted by atomic mass is 10.0. The maximum absolute atomic E-state index is 12.7. The highest BCUT2D eigenvalue weighted by Crippen LogP contribution is 2.35. The molecule has 3 nitrogen and oxygen atoms in total. The van der Waals surface area contributed by atoms with Gasteiger partial charge in [-0.15, -0.1) is 0 Å². The van der Waals surface area contributed by atoms with E-state index in [4.69, 9.17) is 4.74 Å². The molecule has 4 rings (SSSR count). The molecule has 1 unspecified atom stereocenters.